The van der Waals surface area contributed by atoms with Crippen LogP contribution in [0.5, 0.6) is 0 Å². The molecule has 0 saturated carbocycles. The molecule has 0 spiro atoms. The van der Waals surface area contributed by atoms with Crippen molar-refractivity contribution in [3.63, 3.8) is 0 Å². The van der Waals surface area contributed by atoms with E-state index < -0.39 is 0 Å². The third-order valence-electron chi connectivity index (χ3n) is 4.36. The molecular weight excluding hydrogens is 313 g/mol. The van der Waals surface area contributed by atoms with Gasteiger partial charge in [0.2, 0.25) is 5.91 Å². The van der Waals surface area contributed by atoms with Crippen LogP contribution < -0.4 is 5.32 Å². The summed E-state index contributed by atoms with van der Waals surface area (Å²) < 4.78 is 15.4. The van der Waals surface area contributed by atoms with Crippen LogP contribution in [0.4, 0.5) is 10.2 Å². The van der Waals surface area contributed by atoms with Crippen LogP contribution in [-0.4, -0.2) is 48.9 Å². The first-order chi connectivity index (χ1) is 11.5. The fraction of sp³-hybridized carbons (Fsp3) is 0.333. The number of hydrogen-bond donors (Lipinski definition) is 2. The van der Waals surface area contributed by atoms with Crippen molar-refractivity contribution in [2.75, 3.05) is 12.4 Å². The third kappa shape index (κ3) is 2.33. The van der Waals surface area contributed by atoms with Gasteiger partial charge in [0.05, 0.1) is 18.6 Å². The number of nitrogens with zero attached hydrogens (tertiary/aromatic N) is 5. The highest BCUT2D eigenvalue weighted by Crippen LogP contribution is 2.23. The molecule has 1 aromatic carbocycles. The SMILES string of the molecule is Cc1nnc2n1CC(C(=O)Nc1n[nH]c3ccc(F)cc13)N(C)C2. The Labute approximate surface area is 136 Å². The molecule has 0 fully saturated rings. The van der Waals surface area contributed by atoms with E-state index in [9.17, 15) is 9.18 Å². The van der Waals surface area contributed by atoms with E-state index in [1.54, 1.807) is 6.07 Å². The number of carbonyl (C=O) groups is 1. The van der Waals surface area contributed by atoms with Gasteiger partial charge in [-0.15, -0.1) is 10.2 Å². The third-order valence-corrected chi connectivity index (χ3v) is 4.36. The fourth-order valence-electron chi connectivity index (χ4n) is 2.99. The molecule has 1 aliphatic rings. The summed E-state index contributed by atoms with van der Waals surface area (Å²) in [7, 11) is 1.86. The second-order valence-corrected chi connectivity index (χ2v) is 5.96. The summed E-state index contributed by atoms with van der Waals surface area (Å²) in [6, 6.07) is 3.90. The van der Waals surface area contributed by atoms with Crippen molar-refractivity contribution in [3.05, 3.63) is 35.7 Å². The number of amides is 1. The lowest BCUT2D eigenvalue weighted by atomic mass is 10.1. The molecule has 0 aliphatic carbocycles. The smallest absolute Gasteiger partial charge is 0.244 e. The van der Waals surface area contributed by atoms with Crippen molar-refractivity contribution in [3.8, 4) is 0 Å². The number of H-pyrrole nitrogens is 1. The maximum atomic E-state index is 13.4. The summed E-state index contributed by atoms with van der Waals surface area (Å²) in [5.74, 6) is 1.37. The summed E-state index contributed by atoms with van der Waals surface area (Å²) >= 11 is 0. The van der Waals surface area contributed by atoms with Gasteiger partial charge >= 0.3 is 0 Å². The van der Waals surface area contributed by atoms with Crippen molar-refractivity contribution < 1.29 is 9.18 Å². The van der Waals surface area contributed by atoms with Crippen LogP contribution >= 0.6 is 0 Å². The van der Waals surface area contributed by atoms with Gasteiger partial charge in [-0.25, -0.2) is 4.39 Å². The number of nitrogens with one attached hydrogen (secondary N) is 2. The van der Waals surface area contributed by atoms with Crippen LogP contribution in [-0.2, 0) is 17.9 Å². The number of benzene rings is 1. The number of hydrogen-bond acceptors (Lipinski definition) is 5. The number of rotatable bonds is 2. The van der Waals surface area contributed by atoms with Crippen molar-refractivity contribution in [2.45, 2.75) is 26.1 Å². The molecule has 1 unspecified atom stereocenters. The number of aromatic amines is 1. The molecule has 2 aromatic heterocycles. The predicted molar refractivity (Wildman–Crippen MR) is 84.7 cm³/mol. The highest BCUT2D eigenvalue weighted by molar-refractivity contribution is 6.01. The van der Waals surface area contributed by atoms with Crippen molar-refractivity contribution in [2.24, 2.45) is 0 Å². The van der Waals surface area contributed by atoms with Gasteiger partial charge in [-0.3, -0.25) is 14.8 Å². The number of aromatic nitrogens is 5. The number of fused-ring (bicyclic) bond motifs is 2. The molecule has 2 N–H and O–H groups in total. The lowest BCUT2D eigenvalue weighted by Gasteiger charge is -2.31. The Morgan fingerprint density at radius 1 is 1.42 bits per heavy atom. The van der Waals surface area contributed by atoms with Crippen molar-refractivity contribution >= 4 is 22.6 Å². The summed E-state index contributed by atoms with van der Waals surface area (Å²) in [6.07, 6.45) is 0. The number of carbonyl (C=O) groups excluding carboxylic acids is 1. The second kappa shape index (κ2) is 5.38. The molecule has 9 heteroatoms. The standard InChI is InChI=1S/C15H16FN7O/c1-8-18-20-13-7-22(2)12(6-23(8)13)15(24)17-14-10-5-9(16)3-4-11(10)19-21-14/h3-5,12H,6-7H2,1-2H3,(H2,17,19,21,24). The molecular formula is C15H16FN7O. The molecule has 0 bridgehead atoms. The van der Waals surface area contributed by atoms with E-state index in [1.165, 1.54) is 12.1 Å². The number of halogens is 1. The molecule has 0 radical (unpaired) electrons. The minimum Gasteiger partial charge on any atom is -0.312 e. The molecule has 3 heterocycles. The Morgan fingerprint density at radius 2 is 2.25 bits per heavy atom. The zero-order chi connectivity index (χ0) is 16.8. The lowest BCUT2D eigenvalue weighted by Crippen LogP contribution is -2.48. The number of anilines is 1. The first kappa shape index (κ1) is 14.8. The predicted octanol–water partition coefficient (Wildman–Crippen LogP) is 1.05. The zero-order valence-corrected chi connectivity index (χ0v) is 13.2. The Balaban J connectivity index is 1.59. The lowest BCUT2D eigenvalue weighted by molar-refractivity contribution is -0.122. The first-order valence-electron chi connectivity index (χ1n) is 7.56. The van der Waals surface area contributed by atoms with Crippen LogP contribution in [0, 0.1) is 12.7 Å². The van der Waals surface area contributed by atoms with Crippen LogP contribution in [0.3, 0.4) is 0 Å². The topological polar surface area (TPSA) is 91.7 Å². The molecule has 3 aromatic rings. The van der Waals surface area contributed by atoms with Crippen LogP contribution in [0.25, 0.3) is 10.9 Å². The van der Waals surface area contributed by atoms with E-state index in [0.29, 0.717) is 29.8 Å². The van der Waals surface area contributed by atoms with E-state index in [4.69, 9.17) is 0 Å². The van der Waals surface area contributed by atoms with Crippen molar-refractivity contribution in [1.82, 2.24) is 29.9 Å². The molecule has 4 rings (SSSR count). The Hall–Kier alpha value is -2.81. The largest absolute Gasteiger partial charge is 0.312 e. The average Bonchev–Trinajstić information content (AvgIpc) is 3.10. The minimum atomic E-state index is -0.382. The van der Waals surface area contributed by atoms with Gasteiger partial charge in [-0.05, 0) is 32.2 Å². The van der Waals surface area contributed by atoms with E-state index in [-0.39, 0.29) is 17.8 Å². The second-order valence-electron chi connectivity index (χ2n) is 5.96. The summed E-state index contributed by atoms with van der Waals surface area (Å²) in [5, 5.41) is 18.4. The van der Waals surface area contributed by atoms with E-state index in [0.717, 1.165) is 11.6 Å². The van der Waals surface area contributed by atoms with E-state index in [1.807, 2.05) is 23.4 Å². The van der Waals surface area contributed by atoms with Crippen LogP contribution in [0.15, 0.2) is 18.2 Å². The Kier molecular flexibility index (Phi) is 3.31. The van der Waals surface area contributed by atoms with Gasteiger partial charge in [-0.2, -0.15) is 5.10 Å². The van der Waals surface area contributed by atoms with Gasteiger partial charge in [0.1, 0.15) is 23.5 Å². The van der Waals surface area contributed by atoms with Gasteiger partial charge in [0.25, 0.3) is 0 Å². The van der Waals surface area contributed by atoms with Crippen molar-refractivity contribution in [1.29, 1.82) is 0 Å². The number of aryl methyl sites for hydroxylation is 1. The highest BCUT2D eigenvalue weighted by Gasteiger charge is 2.31. The van der Waals surface area contributed by atoms with Crippen LogP contribution in [0.2, 0.25) is 0 Å². The fourth-order valence-corrected chi connectivity index (χ4v) is 2.99. The van der Waals surface area contributed by atoms with Crippen LogP contribution in [0.1, 0.15) is 11.6 Å². The highest BCUT2D eigenvalue weighted by atomic mass is 19.1. The molecule has 0 saturated heterocycles. The quantitative estimate of drug-likeness (QED) is 0.733. The first-order valence-corrected chi connectivity index (χ1v) is 7.56. The average molecular weight is 329 g/mol. The molecule has 8 nitrogen and oxygen atoms in total. The Bertz CT molecular complexity index is 931. The van der Waals surface area contributed by atoms with Gasteiger partial charge in [-0.1, -0.05) is 0 Å². The molecule has 1 amide bonds. The van der Waals surface area contributed by atoms with E-state index in [2.05, 4.69) is 25.7 Å². The summed E-state index contributed by atoms with van der Waals surface area (Å²) in [6.45, 7) is 2.86. The monoisotopic (exact) mass is 329 g/mol. The van der Waals surface area contributed by atoms with E-state index >= 15 is 0 Å². The van der Waals surface area contributed by atoms with Gasteiger partial charge < -0.3 is 9.88 Å². The Morgan fingerprint density at radius 3 is 3.08 bits per heavy atom. The number of likely N-dealkylation sites (N-methyl/N-ethyl adjacent to an activating group) is 1. The van der Waals surface area contributed by atoms with Gasteiger partial charge in [0.15, 0.2) is 5.82 Å². The normalized spacial score (nSPS) is 17.9. The molecule has 124 valence electrons. The molecule has 1 aliphatic heterocycles. The van der Waals surface area contributed by atoms with Gasteiger partial charge in [0, 0.05) is 5.39 Å². The molecule has 24 heavy (non-hydrogen) atoms. The zero-order valence-electron chi connectivity index (χ0n) is 13.2. The maximum absolute atomic E-state index is 13.4. The summed E-state index contributed by atoms with van der Waals surface area (Å²) in [5.41, 5.74) is 0.667. The molecule has 1 atom stereocenters. The summed E-state index contributed by atoms with van der Waals surface area (Å²) in [4.78, 5) is 14.6. The minimum absolute atomic E-state index is 0.200. The maximum Gasteiger partial charge on any atom is 0.244 e.